The zero-order valence-corrected chi connectivity index (χ0v) is 21.5. The fourth-order valence-electron chi connectivity index (χ4n) is 4.05. The molecule has 2 aromatic rings. The van der Waals surface area contributed by atoms with Crippen molar-refractivity contribution >= 4 is 24.7 Å². The molecular formula is C26H34ClN2O3P. The van der Waals surface area contributed by atoms with Crippen LogP contribution in [0, 0.1) is 0 Å². The number of fused-ring (bicyclic) bond motifs is 1. The molecule has 33 heavy (non-hydrogen) atoms. The molecule has 1 heterocycles. The number of anilines is 1. The Hall–Kier alpha value is -2.17. The summed E-state index contributed by atoms with van der Waals surface area (Å²) in [5, 5.41) is 3.27. The summed E-state index contributed by atoms with van der Waals surface area (Å²) in [4.78, 5) is 0. The Balaban J connectivity index is 0.00000385. The summed E-state index contributed by atoms with van der Waals surface area (Å²) in [6.45, 7) is 9.43. The first-order valence-electron chi connectivity index (χ1n) is 11.2. The molecular weight excluding hydrogens is 455 g/mol. The Morgan fingerprint density at radius 2 is 1.61 bits per heavy atom. The van der Waals surface area contributed by atoms with Gasteiger partial charge < -0.3 is 26.8 Å². The molecule has 2 aromatic carbocycles. The lowest BCUT2D eigenvalue weighted by Crippen LogP contribution is -3.00. The summed E-state index contributed by atoms with van der Waals surface area (Å²) >= 11 is 0. The van der Waals surface area contributed by atoms with E-state index in [2.05, 4.69) is 48.0 Å². The van der Waals surface area contributed by atoms with Crippen LogP contribution in [0.3, 0.4) is 0 Å². The Bertz CT molecular complexity index is 1040. The van der Waals surface area contributed by atoms with Crippen molar-refractivity contribution in [1.82, 2.24) is 0 Å². The van der Waals surface area contributed by atoms with Gasteiger partial charge in [0.15, 0.2) is 12.3 Å². The van der Waals surface area contributed by atoms with Crippen molar-refractivity contribution in [3.63, 3.8) is 0 Å². The first kappa shape index (κ1) is 27.1. The third kappa shape index (κ3) is 6.68. The van der Waals surface area contributed by atoms with Gasteiger partial charge in [0.1, 0.15) is 6.16 Å². The van der Waals surface area contributed by atoms with Crippen molar-refractivity contribution in [2.24, 2.45) is 0 Å². The molecule has 0 aromatic heterocycles. The lowest BCUT2D eigenvalue weighted by atomic mass is 9.81. The van der Waals surface area contributed by atoms with Gasteiger partial charge in [-0.2, -0.15) is 4.58 Å². The number of para-hydroxylation sites is 2. The molecule has 5 nitrogen and oxygen atoms in total. The topological polar surface area (TPSA) is 50.6 Å². The third-order valence-corrected chi connectivity index (χ3v) is 7.58. The number of halogens is 1. The van der Waals surface area contributed by atoms with Crippen LogP contribution >= 0.6 is 7.60 Å². The predicted molar refractivity (Wildman–Crippen MR) is 133 cm³/mol. The number of hydrogen-bond acceptors (Lipinski definition) is 4. The number of allylic oxidation sites excluding steroid dienone is 3. The van der Waals surface area contributed by atoms with E-state index in [9.17, 15) is 4.57 Å². The monoisotopic (exact) mass is 488 g/mol. The largest absolute Gasteiger partial charge is 1.00 e. The van der Waals surface area contributed by atoms with E-state index in [1.165, 1.54) is 5.56 Å². The van der Waals surface area contributed by atoms with E-state index in [0.717, 1.165) is 17.1 Å². The lowest BCUT2D eigenvalue weighted by molar-refractivity contribution is -0.432. The summed E-state index contributed by atoms with van der Waals surface area (Å²) in [6.07, 6.45) is 8.42. The van der Waals surface area contributed by atoms with Crippen LogP contribution in [-0.2, 0) is 19.0 Å². The van der Waals surface area contributed by atoms with E-state index < -0.39 is 7.60 Å². The predicted octanol–water partition coefficient (Wildman–Crippen LogP) is 3.51. The Morgan fingerprint density at radius 3 is 2.27 bits per heavy atom. The van der Waals surface area contributed by atoms with Crippen LogP contribution in [0.4, 0.5) is 11.4 Å². The van der Waals surface area contributed by atoms with Crippen molar-refractivity contribution in [2.45, 2.75) is 33.1 Å². The average molecular weight is 489 g/mol. The van der Waals surface area contributed by atoms with Crippen LogP contribution in [0.25, 0.3) is 0 Å². The average Bonchev–Trinajstić information content (AvgIpc) is 3.00. The quantitative estimate of drug-likeness (QED) is 0.299. The van der Waals surface area contributed by atoms with Gasteiger partial charge in [0, 0.05) is 29.6 Å². The zero-order chi connectivity index (χ0) is 23.0. The lowest BCUT2D eigenvalue weighted by Gasteiger charge is -2.16. The smallest absolute Gasteiger partial charge is 0.337 e. The van der Waals surface area contributed by atoms with E-state index in [1.54, 1.807) is 0 Å². The Kier molecular flexibility index (Phi) is 10.1. The zero-order valence-electron chi connectivity index (χ0n) is 19.8. The molecule has 1 aliphatic rings. The van der Waals surface area contributed by atoms with Gasteiger partial charge in [-0.3, -0.25) is 4.57 Å². The van der Waals surface area contributed by atoms with Gasteiger partial charge in [-0.1, -0.05) is 42.5 Å². The van der Waals surface area contributed by atoms with E-state index >= 15 is 0 Å². The summed E-state index contributed by atoms with van der Waals surface area (Å²) in [5.74, 6) is 0. The highest BCUT2D eigenvalue weighted by Gasteiger charge is 2.44. The normalized spacial score (nSPS) is 15.2. The van der Waals surface area contributed by atoms with Crippen molar-refractivity contribution < 1.29 is 30.6 Å². The van der Waals surface area contributed by atoms with Gasteiger partial charge in [-0.25, -0.2) is 0 Å². The first-order chi connectivity index (χ1) is 15.4. The molecule has 0 unspecified atom stereocenters. The minimum absolute atomic E-state index is 0. The molecule has 1 aliphatic heterocycles. The molecule has 0 amide bonds. The van der Waals surface area contributed by atoms with E-state index in [4.69, 9.17) is 9.05 Å². The number of nitrogens with one attached hydrogen (secondary N) is 1. The molecule has 0 atom stereocenters. The molecule has 0 saturated heterocycles. The molecule has 178 valence electrons. The molecule has 3 rings (SSSR count). The molecule has 0 spiro atoms. The highest BCUT2D eigenvalue weighted by Crippen LogP contribution is 2.48. The summed E-state index contributed by atoms with van der Waals surface area (Å²) < 4.78 is 26.4. The highest BCUT2D eigenvalue weighted by atomic mass is 35.5. The number of benzene rings is 2. The third-order valence-electron chi connectivity index (χ3n) is 5.53. The van der Waals surface area contributed by atoms with Crippen molar-refractivity contribution in [3.05, 3.63) is 84.6 Å². The van der Waals surface area contributed by atoms with Crippen molar-refractivity contribution in [1.29, 1.82) is 0 Å². The van der Waals surface area contributed by atoms with Gasteiger partial charge in [-0.15, -0.1) is 0 Å². The van der Waals surface area contributed by atoms with E-state index in [-0.39, 0.29) is 17.8 Å². The summed E-state index contributed by atoms with van der Waals surface area (Å²) in [5.41, 5.74) is 4.43. The summed E-state index contributed by atoms with van der Waals surface area (Å²) in [6, 6.07) is 18.5. The molecule has 0 fully saturated rings. The maximum atomic E-state index is 13.1. The minimum atomic E-state index is -3.13. The second kappa shape index (κ2) is 12.3. The molecule has 0 saturated carbocycles. The standard InChI is InChI=1S/C26H33N2O3P.ClH/c1-5-30-32(29,31-6-2)21-20-28-24-17-11-10-16-23(24)26(3,4)25(28)18-12-13-19-27-22-14-8-7-9-15-22;/h7-19H,5-6,20-21H2,1-4H3;1H. The number of nitrogens with zero attached hydrogens (tertiary/aromatic N) is 1. The van der Waals surface area contributed by atoms with Crippen molar-refractivity contribution in [2.75, 3.05) is 31.2 Å². The van der Waals surface area contributed by atoms with Gasteiger partial charge in [0.2, 0.25) is 5.69 Å². The minimum Gasteiger partial charge on any atom is -1.00 e. The van der Waals surface area contributed by atoms with Crippen LogP contribution in [-0.4, -0.2) is 36.2 Å². The first-order valence-corrected chi connectivity index (χ1v) is 12.9. The van der Waals surface area contributed by atoms with Crippen LogP contribution < -0.4 is 17.7 Å². The van der Waals surface area contributed by atoms with E-state index in [1.807, 2.05) is 68.6 Å². The molecule has 1 N–H and O–H groups in total. The maximum absolute atomic E-state index is 13.1. The van der Waals surface area contributed by atoms with E-state index in [0.29, 0.717) is 25.9 Å². The van der Waals surface area contributed by atoms with Crippen LogP contribution in [0.2, 0.25) is 0 Å². The summed E-state index contributed by atoms with van der Waals surface area (Å²) in [7, 11) is -3.13. The second-order valence-electron chi connectivity index (χ2n) is 8.08. The van der Waals surface area contributed by atoms with Crippen molar-refractivity contribution in [3.8, 4) is 0 Å². The Morgan fingerprint density at radius 1 is 0.970 bits per heavy atom. The van der Waals surface area contributed by atoms with Gasteiger partial charge in [0.05, 0.1) is 18.6 Å². The fraction of sp³-hybridized carbons (Fsp3) is 0.346. The van der Waals surface area contributed by atoms with Crippen LogP contribution in [0.5, 0.6) is 0 Å². The number of rotatable bonds is 11. The molecule has 0 radical (unpaired) electrons. The van der Waals surface area contributed by atoms with Gasteiger partial charge >= 0.3 is 7.60 Å². The van der Waals surface area contributed by atoms with Crippen LogP contribution in [0.15, 0.2) is 79.0 Å². The molecule has 0 aliphatic carbocycles. The maximum Gasteiger partial charge on any atom is 0.337 e. The van der Waals surface area contributed by atoms with Gasteiger partial charge in [-0.05, 0) is 45.9 Å². The second-order valence-corrected chi connectivity index (χ2v) is 10.3. The molecule has 7 heteroatoms. The number of hydrogen-bond donors (Lipinski definition) is 1. The SMILES string of the molecule is CCOP(=O)(CC[N+]1=C(/C=C/C=C/Nc2ccccc2)C(C)(C)c2ccccc21)OCC.[Cl-]. The van der Waals surface area contributed by atoms with Gasteiger partial charge in [0.25, 0.3) is 0 Å². The molecule has 0 bridgehead atoms. The Labute approximate surface area is 204 Å². The van der Waals surface area contributed by atoms with Crippen LogP contribution in [0.1, 0.15) is 33.3 Å². The highest BCUT2D eigenvalue weighted by molar-refractivity contribution is 7.53. The fourth-order valence-corrected chi connectivity index (χ4v) is 5.61.